The molecule has 0 aromatic rings. The van der Waals surface area contributed by atoms with Gasteiger partial charge in [0.05, 0.1) is 19.3 Å². The van der Waals surface area contributed by atoms with Gasteiger partial charge >= 0.3 is 0 Å². The van der Waals surface area contributed by atoms with Gasteiger partial charge in [-0.15, -0.1) is 0 Å². The summed E-state index contributed by atoms with van der Waals surface area (Å²) in [6.07, 6.45) is 1.02. The first-order chi connectivity index (χ1) is 11.0. The number of hydrogen-bond donors (Lipinski definition) is 2. The highest BCUT2D eigenvalue weighted by atomic mass is 32.2. The van der Waals surface area contributed by atoms with Crippen molar-refractivity contribution in [3.63, 3.8) is 0 Å². The van der Waals surface area contributed by atoms with Gasteiger partial charge in [-0.25, -0.2) is 17.1 Å². The Labute approximate surface area is 141 Å². The SMILES string of the molecule is CC1(NCC(=O)N2CC(F)CC2C(N)=O)CCN(S(C)(=O)=O)CC1. The smallest absolute Gasteiger partial charge is 0.240 e. The molecule has 0 radical (unpaired) electrons. The van der Waals surface area contributed by atoms with E-state index in [9.17, 15) is 22.4 Å². The Balaban J connectivity index is 1.89. The third kappa shape index (κ3) is 4.42. The first kappa shape index (κ1) is 19.1. The zero-order chi connectivity index (χ0) is 18.1. The number of halogens is 1. The summed E-state index contributed by atoms with van der Waals surface area (Å²) in [5.74, 6) is -1.07. The van der Waals surface area contributed by atoms with Gasteiger partial charge in [-0.2, -0.15) is 0 Å². The Morgan fingerprint density at radius 1 is 1.33 bits per heavy atom. The zero-order valence-electron chi connectivity index (χ0n) is 14.0. The van der Waals surface area contributed by atoms with E-state index in [1.165, 1.54) is 15.5 Å². The predicted molar refractivity (Wildman–Crippen MR) is 86.3 cm³/mol. The second-order valence-corrected chi connectivity index (χ2v) is 8.86. The zero-order valence-corrected chi connectivity index (χ0v) is 14.8. The molecule has 0 bridgehead atoms. The largest absolute Gasteiger partial charge is 0.368 e. The van der Waals surface area contributed by atoms with Crippen LogP contribution in [0.25, 0.3) is 0 Å². The molecule has 0 aromatic heterocycles. The van der Waals surface area contributed by atoms with Crippen molar-refractivity contribution in [3.8, 4) is 0 Å². The third-order valence-electron chi connectivity index (χ3n) is 4.86. The van der Waals surface area contributed by atoms with Crippen LogP contribution in [-0.2, 0) is 19.6 Å². The van der Waals surface area contributed by atoms with Crippen molar-refractivity contribution in [2.24, 2.45) is 5.73 Å². The molecular formula is C14H25FN4O4S. The molecular weight excluding hydrogens is 339 g/mol. The van der Waals surface area contributed by atoms with Crippen molar-refractivity contribution >= 4 is 21.8 Å². The second kappa shape index (κ2) is 6.93. The van der Waals surface area contributed by atoms with Gasteiger partial charge in [0.1, 0.15) is 12.2 Å². The molecule has 3 N–H and O–H groups in total. The molecule has 2 saturated heterocycles. The number of primary amides is 1. The Morgan fingerprint density at radius 3 is 2.42 bits per heavy atom. The summed E-state index contributed by atoms with van der Waals surface area (Å²) in [7, 11) is -3.21. The van der Waals surface area contributed by atoms with Gasteiger partial charge in [-0.1, -0.05) is 0 Å². The number of piperidine rings is 1. The summed E-state index contributed by atoms with van der Waals surface area (Å²) >= 11 is 0. The maximum absolute atomic E-state index is 13.5. The molecule has 24 heavy (non-hydrogen) atoms. The molecule has 0 saturated carbocycles. The van der Waals surface area contributed by atoms with E-state index in [-0.39, 0.29) is 31.0 Å². The van der Waals surface area contributed by atoms with E-state index in [0.717, 1.165) is 0 Å². The van der Waals surface area contributed by atoms with Gasteiger partial charge in [0.25, 0.3) is 0 Å². The lowest BCUT2D eigenvalue weighted by molar-refractivity contribution is -0.136. The second-order valence-electron chi connectivity index (χ2n) is 6.87. The van der Waals surface area contributed by atoms with E-state index in [4.69, 9.17) is 5.73 Å². The number of sulfonamides is 1. The number of likely N-dealkylation sites (tertiary alicyclic amines) is 1. The number of carbonyl (C=O) groups is 2. The first-order valence-corrected chi connectivity index (χ1v) is 9.80. The Bertz CT molecular complexity index is 604. The molecule has 2 atom stereocenters. The first-order valence-electron chi connectivity index (χ1n) is 7.95. The quantitative estimate of drug-likeness (QED) is 0.637. The summed E-state index contributed by atoms with van der Waals surface area (Å²) in [4.78, 5) is 24.8. The van der Waals surface area contributed by atoms with Crippen LogP contribution < -0.4 is 11.1 Å². The van der Waals surface area contributed by atoms with Crippen molar-refractivity contribution in [2.45, 2.75) is 43.9 Å². The molecule has 8 nitrogen and oxygen atoms in total. The van der Waals surface area contributed by atoms with Gasteiger partial charge in [0, 0.05) is 25.0 Å². The number of alkyl halides is 1. The van der Waals surface area contributed by atoms with Gasteiger partial charge in [-0.05, 0) is 19.8 Å². The van der Waals surface area contributed by atoms with Crippen LogP contribution in [0, 0.1) is 0 Å². The number of nitrogens with zero attached hydrogens (tertiary/aromatic N) is 2. The van der Waals surface area contributed by atoms with E-state index < -0.39 is 28.1 Å². The maximum atomic E-state index is 13.5. The molecule has 2 heterocycles. The lowest BCUT2D eigenvalue weighted by Gasteiger charge is -2.39. The van der Waals surface area contributed by atoms with Crippen molar-refractivity contribution in [1.29, 1.82) is 0 Å². The molecule has 2 rings (SSSR count). The van der Waals surface area contributed by atoms with Crippen LogP contribution >= 0.6 is 0 Å². The average Bonchev–Trinajstić information content (AvgIpc) is 2.87. The predicted octanol–water partition coefficient (Wildman–Crippen LogP) is -1.19. The highest BCUT2D eigenvalue weighted by Gasteiger charge is 2.39. The van der Waals surface area contributed by atoms with Gasteiger partial charge in [0.15, 0.2) is 0 Å². The summed E-state index contributed by atoms with van der Waals surface area (Å²) in [6, 6.07) is -0.894. The minimum Gasteiger partial charge on any atom is -0.368 e. The summed E-state index contributed by atoms with van der Waals surface area (Å²) in [6.45, 7) is 2.54. The van der Waals surface area contributed by atoms with Crippen LogP contribution in [0.3, 0.4) is 0 Å². The molecule has 138 valence electrons. The standard InChI is InChI=1S/C14H25FN4O4S/c1-14(3-5-18(6-4-14)24(2,22)23)17-8-12(20)19-9-10(15)7-11(19)13(16)21/h10-11,17H,3-9H2,1-2H3,(H2,16,21). The summed E-state index contributed by atoms with van der Waals surface area (Å²) in [5, 5.41) is 3.13. The number of carbonyl (C=O) groups excluding carboxylic acids is 2. The molecule has 2 unspecified atom stereocenters. The lowest BCUT2D eigenvalue weighted by atomic mass is 9.90. The summed E-state index contributed by atoms with van der Waals surface area (Å²) < 4.78 is 38.0. The van der Waals surface area contributed by atoms with Crippen LogP contribution in [0.1, 0.15) is 26.2 Å². The van der Waals surface area contributed by atoms with E-state index >= 15 is 0 Å². The minimum atomic E-state index is -3.21. The number of nitrogens with one attached hydrogen (secondary N) is 1. The molecule has 0 aliphatic carbocycles. The Morgan fingerprint density at radius 2 is 1.92 bits per heavy atom. The highest BCUT2D eigenvalue weighted by Crippen LogP contribution is 2.24. The Kier molecular flexibility index (Phi) is 5.50. The lowest BCUT2D eigenvalue weighted by Crippen LogP contribution is -2.55. The molecule has 2 amide bonds. The number of hydrogen-bond acceptors (Lipinski definition) is 5. The van der Waals surface area contributed by atoms with Crippen LogP contribution in [0.2, 0.25) is 0 Å². The number of amides is 2. The van der Waals surface area contributed by atoms with Gasteiger partial charge in [0.2, 0.25) is 21.8 Å². The summed E-state index contributed by atoms with van der Waals surface area (Å²) in [5.41, 5.74) is 4.85. The van der Waals surface area contributed by atoms with E-state index in [2.05, 4.69) is 5.32 Å². The van der Waals surface area contributed by atoms with Gasteiger partial charge in [-0.3, -0.25) is 9.59 Å². The van der Waals surface area contributed by atoms with Crippen molar-refractivity contribution < 1.29 is 22.4 Å². The molecule has 0 spiro atoms. The fourth-order valence-electron chi connectivity index (χ4n) is 3.21. The number of rotatable bonds is 5. The number of nitrogens with two attached hydrogens (primary N) is 1. The van der Waals surface area contributed by atoms with Crippen LogP contribution in [0.5, 0.6) is 0 Å². The Hall–Kier alpha value is -1.26. The molecule has 10 heteroatoms. The van der Waals surface area contributed by atoms with Crippen LogP contribution in [-0.4, -0.2) is 79.6 Å². The maximum Gasteiger partial charge on any atom is 0.240 e. The molecule has 2 fully saturated rings. The van der Waals surface area contributed by atoms with Crippen molar-refractivity contribution in [2.75, 3.05) is 32.4 Å². The van der Waals surface area contributed by atoms with Crippen LogP contribution in [0.4, 0.5) is 4.39 Å². The van der Waals surface area contributed by atoms with Crippen molar-refractivity contribution in [1.82, 2.24) is 14.5 Å². The topological polar surface area (TPSA) is 113 Å². The fraction of sp³-hybridized carbons (Fsp3) is 0.857. The highest BCUT2D eigenvalue weighted by molar-refractivity contribution is 7.88. The average molecular weight is 364 g/mol. The minimum absolute atomic E-state index is 0.0358. The van der Waals surface area contributed by atoms with Gasteiger partial charge < -0.3 is 16.0 Å². The normalized spacial score (nSPS) is 28.0. The molecule has 2 aliphatic heterocycles. The third-order valence-corrected chi connectivity index (χ3v) is 6.16. The van der Waals surface area contributed by atoms with E-state index in [1.54, 1.807) is 0 Å². The fourth-order valence-corrected chi connectivity index (χ4v) is 4.05. The molecule has 0 aromatic carbocycles. The molecule has 2 aliphatic rings. The van der Waals surface area contributed by atoms with Crippen LogP contribution in [0.15, 0.2) is 0 Å². The van der Waals surface area contributed by atoms with E-state index in [0.29, 0.717) is 25.9 Å². The van der Waals surface area contributed by atoms with Crippen molar-refractivity contribution in [3.05, 3.63) is 0 Å². The monoisotopic (exact) mass is 364 g/mol. The van der Waals surface area contributed by atoms with E-state index in [1.807, 2.05) is 6.92 Å².